The van der Waals surface area contributed by atoms with E-state index in [1.807, 2.05) is 0 Å². The number of rotatable bonds is 0. The second kappa shape index (κ2) is 3.01. The summed E-state index contributed by atoms with van der Waals surface area (Å²) in [4.78, 5) is 0. The summed E-state index contributed by atoms with van der Waals surface area (Å²) in [5.41, 5.74) is 0. The molecule has 0 aliphatic heterocycles. The maximum atomic E-state index is 10.1. The summed E-state index contributed by atoms with van der Waals surface area (Å²) >= 11 is 0. The Morgan fingerprint density at radius 2 is 2.17 bits per heavy atom. The molecule has 5 heteroatoms. The van der Waals surface area contributed by atoms with Crippen molar-refractivity contribution in [3.8, 4) is 0 Å². The van der Waals surface area contributed by atoms with Gasteiger partial charge in [0.15, 0.2) is 0 Å². The van der Waals surface area contributed by atoms with E-state index in [-0.39, 0.29) is 0 Å². The molecule has 3 atom stereocenters. The zero-order chi connectivity index (χ0) is 5.15. The van der Waals surface area contributed by atoms with Crippen molar-refractivity contribution in [1.29, 1.82) is 0 Å². The van der Waals surface area contributed by atoms with Crippen molar-refractivity contribution in [2.24, 2.45) is 0 Å². The molecular formula is CH5BOP2S. The van der Waals surface area contributed by atoms with Gasteiger partial charge in [-0.3, -0.25) is 0 Å². The van der Waals surface area contributed by atoms with Crippen molar-refractivity contribution in [3.05, 3.63) is 0 Å². The van der Waals surface area contributed by atoms with Crippen LogP contribution in [0.1, 0.15) is 0 Å². The Balaban J connectivity index is 3.69. The van der Waals surface area contributed by atoms with E-state index in [9.17, 15) is 4.21 Å². The first-order valence-corrected chi connectivity index (χ1v) is 6.47. The minimum absolute atomic E-state index is 0.771. The van der Waals surface area contributed by atoms with Crippen molar-refractivity contribution < 1.29 is 4.21 Å². The van der Waals surface area contributed by atoms with E-state index in [1.54, 1.807) is 6.26 Å². The first-order chi connectivity index (χ1) is 2.64. The van der Waals surface area contributed by atoms with E-state index < -0.39 is 16.5 Å². The summed E-state index contributed by atoms with van der Waals surface area (Å²) < 4.78 is 10.1. The van der Waals surface area contributed by atoms with Gasteiger partial charge in [-0.05, 0) is 0 Å². The van der Waals surface area contributed by atoms with Crippen molar-refractivity contribution in [2.75, 3.05) is 6.26 Å². The Labute approximate surface area is 43.6 Å². The van der Waals surface area contributed by atoms with Crippen LogP contribution in [0.3, 0.4) is 0 Å². The molecule has 1 nitrogen and oxygen atoms in total. The van der Waals surface area contributed by atoms with Gasteiger partial charge >= 0.3 is 42.9 Å². The van der Waals surface area contributed by atoms with Crippen LogP contribution in [0.4, 0.5) is 0 Å². The van der Waals surface area contributed by atoms with Gasteiger partial charge in [0.25, 0.3) is 0 Å². The van der Waals surface area contributed by atoms with Crippen LogP contribution >= 0.6 is 15.1 Å². The third-order valence-electron chi connectivity index (χ3n) is 0.297. The maximum absolute atomic E-state index is 10.1. The van der Waals surface area contributed by atoms with Crippen molar-refractivity contribution in [1.82, 2.24) is 0 Å². The zero-order valence-electron chi connectivity index (χ0n) is 3.42. The molecule has 0 aliphatic rings. The predicted octanol–water partition coefficient (Wildman–Crippen LogP) is 0.635. The fraction of sp³-hybridized carbons (Fsp3) is 1.00. The molecule has 0 N–H and O–H groups in total. The number of hydrogen-bond donors (Lipinski definition) is 0. The molecule has 0 aromatic rings. The molecule has 0 rings (SSSR count). The fourth-order valence-electron chi connectivity index (χ4n) is 0. The average Bonchev–Trinajstić information content (AvgIpc) is 1.36. The van der Waals surface area contributed by atoms with Crippen LogP contribution in [0.15, 0.2) is 0 Å². The van der Waals surface area contributed by atoms with Crippen LogP contribution in [0.25, 0.3) is 0 Å². The molecule has 0 fully saturated rings. The van der Waals surface area contributed by atoms with Gasteiger partial charge < -0.3 is 0 Å². The first-order valence-electron chi connectivity index (χ1n) is 1.27. The molecule has 0 aromatic heterocycles. The summed E-state index contributed by atoms with van der Waals surface area (Å²) in [6, 6.07) is 0. The minimum atomic E-state index is -0.812. The van der Waals surface area contributed by atoms with E-state index >= 15 is 0 Å². The average molecular weight is 138 g/mol. The van der Waals surface area contributed by atoms with Crippen molar-refractivity contribution in [3.63, 3.8) is 0 Å². The van der Waals surface area contributed by atoms with Gasteiger partial charge in [-0.25, -0.2) is 0 Å². The van der Waals surface area contributed by atoms with Gasteiger partial charge in [0, 0.05) is 0 Å². The van der Waals surface area contributed by atoms with Crippen LogP contribution in [0.5, 0.6) is 0 Å². The quantitative estimate of drug-likeness (QED) is 0.354. The van der Waals surface area contributed by atoms with Crippen molar-refractivity contribution in [2.45, 2.75) is 0 Å². The summed E-state index contributed by atoms with van der Waals surface area (Å²) in [7, 11) is 6.67. The number of hydrogen-bond acceptors (Lipinski definition) is 1. The molecule has 0 amide bonds. The second-order valence-electron chi connectivity index (χ2n) is 0.784. The standard InChI is InChI=1S/CH5BOP2S/c1-6(3)5(2)4/h4H2,1H3. The molecule has 0 saturated heterocycles. The monoisotopic (exact) mass is 138 g/mol. The van der Waals surface area contributed by atoms with Gasteiger partial charge in [-0.1, -0.05) is 0 Å². The van der Waals surface area contributed by atoms with Crippen LogP contribution < -0.4 is 0 Å². The fourth-order valence-corrected chi connectivity index (χ4v) is 0. The summed E-state index contributed by atoms with van der Waals surface area (Å²) in [6.07, 6.45) is 0.825. The van der Waals surface area contributed by atoms with Crippen LogP contribution in [-0.4, -0.2) is 17.5 Å². The summed E-state index contributed by atoms with van der Waals surface area (Å²) in [5.74, 6) is 0. The molecule has 3 unspecified atom stereocenters. The molecule has 0 heterocycles. The molecule has 6 heavy (non-hydrogen) atoms. The molecular weight excluding hydrogens is 133 g/mol. The molecule has 0 saturated carbocycles. The van der Waals surface area contributed by atoms with Crippen LogP contribution in [-0.2, 0) is 10.4 Å². The van der Waals surface area contributed by atoms with E-state index in [2.05, 4.69) is 8.93 Å². The van der Waals surface area contributed by atoms with E-state index in [1.165, 1.54) is 0 Å². The summed E-state index contributed by atoms with van der Waals surface area (Å²) in [5, 5.41) is 0. The Morgan fingerprint density at radius 1 is 2.00 bits per heavy atom. The second-order valence-corrected chi connectivity index (χ2v) is 7.95. The van der Waals surface area contributed by atoms with E-state index in [0.29, 0.717) is 0 Å². The summed E-state index contributed by atoms with van der Waals surface area (Å²) in [6.45, 7) is 0. The third-order valence-corrected chi connectivity index (χ3v) is 5.34. The van der Waals surface area contributed by atoms with E-state index in [4.69, 9.17) is 7.01 Å². The van der Waals surface area contributed by atoms with E-state index in [0.717, 1.165) is 0 Å². The zero-order valence-corrected chi connectivity index (χ0v) is 6.28. The molecule has 0 aromatic carbocycles. The Kier molecular flexibility index (Phi) is 3.49. The van der Waals surface area contributed by atoms with Gasteiger partial charge in [-0.2, -0.15) is 0 Å². The van der Waals surface area contributed by atoms with Gasteiger partial charge in [0.1, 0.15) is 0 Å². The Bertz CT molecular complexity index is 123. The van der Waals surface area contributed by atoms with Gasteiger partial charge in [0.05, 0.1) is 0 Å². The van der Waals surface area contributed by atoms with Gasteiger partial charge in [-0.15, -0.1) is 0 Å². The molecule has 0 spiro atoms. The normalized spacial score (nSPS) is 17.0. The predicted molar refractivity (Wildman–Crippen MR) is 36.5 cm³/mol. The molecule has 34 valence electrons. The van der Waals surface area contributed by atoms with Crippen molar-refractivity contribution >= 4 is 32.5 Å². The Morgan fingerprint density at radius 3 is 2.17 bits per heavy atom. The molecule has 0 aliphatic carbocycles. The Hall–Kier alpha value is 0.945. The van der Waals surface area contributed by atoms with Crippen LogP contribution in [0.2, 0.25) is 0 Å². The SMILES string of the molecule is B#P(P)S(C)=O. The van der Waals surface area contributed by atoms with Gasteiger partial charge in [0.2, 0.25) is 0 Å². The third kappa shape index (κ3) is 3.15. The molecule has 0 radical (unpaired) electrons. The first kappa shape index (κ1) is 6.94. The van der Waals surface area contributed by atoms with Crippen LogP contribution in [0, 0.1) is 0 Å². The topological polar surface area (TPSA) is 17.1 Å². The molecule has 0 bridgehead atoms.